The monoisotopic (exact) mass is 214 g/mol. The molecule has 4 heteroatoms. The molecule has 0 spiro atoms. The second-order valence-corrected chi connectivity index (χ2v) is 4.52. The number of hydrogen-bond acceptors (Lipinski definition) is 3. The van der Waals surface area contributed by atoms with Crippen LogP contribution in [0.4, 0.5) is 0 Å². The fourth-order valence-corrected chi connectivity index (χ4v) is 1.98. The van der Waals surface area contributed by atoms with Crippen molar-refractivity contribution in [1.82, 2.24) is 10.2 Å². The van der Waals surface area contributed by atoms with Crippen LogP contribution in [-0.4, -0.2) is 50.2 Å². The molecule has 1 N–H and O–H groups in total. The maximum atomic E-state index is 11.6. The second-order valence-electron chi connectivity index (χ2n) is 4.52. The molecule has 0 aliphatic carbocycles. The summed E-state index contributed by atoms with van der Waals surface area (Å²) >= 11 is 0. The quantitative estimate of drug-likeness (QED) is 0.743. The lowest BCUT2D eigenvalue weighted by molar-refractivity contribution is -0.131. The van der Waals surface area contributed by atoms with Gasteiger partial charge in [-0.2, -0.15) is 0 Å². The van der Waals surface area contributed by atoms with Crippen LogP contribution in [0.15, 0.2) is 0 Å². The molecular weight excluding hydrogens is 192 g/mol. The molecule has 3 atom stereocenters. The van der Waals surface area contributed by atoms with Crippen LogP contribution in [0.3, 0.4) is 0 Å². The lowest BCUT2D eigenvalue weighted by Crippen LogP contribution is -2.51. The number of carbonyl (C=O) groups excluding carboxylic acids is 1. The number of rotatable bonds is 3. The van der Waals surface area contributed by atoms with E-state index in [1.165, 1.54) is 0 Å². The van der Waals surface area contributed by atoms with E-state index < -0.39 is 0 Å². The van der Waals surface area contributed by atoms with Crippen LogP contribution >= 0.6 is 0 Å². The number of amides is 1. The number of likely N-dealkylation sites (tertiary alicyclic amines) is 1. The third-order valence-corrected chi connectivity index (χ3v) is 3.16. The van der Waals surface area contributed by atoms with Crippen molar-refractivity contribution >= 4 is 5.91 Å². The Hall–Kier alpha value is -0.610. The van der Waals surface area contributed by atoms with E-state index >= 15 is 0 Å². The van der Waals surface area contributed by atoms with Crippen molar-refractivity contribution in [2.24, 2.45) is 5.92 Å². The summed E-state index contributed by atoms with van der Waals surface area (Å²) in [5.41, 5.74) is 0. The van der Waals surface area contributed by atoms with Gasteiger partial charge in [0.15, 0.2) is 0 Å². The maximum absolute atomic E-state index is 11.6. The average Bonchev–Trinajstić information content (AvgIpc) is 2.20. The summed E-state index contributed by atoms with van der Waals surface area (Å²) in [7, 11) is 3.68. The number of hydrogen-bond donors (Lipinski definition) is 1. The largest absolute Gasteiger partial charge is 0.372 e. The van der Waals surface area contributed by atoms with Crippen molar-refractivity contribution in [2.75, 3.05) is 27.2 Å². The minimum atomic E-state index is -0.350. The summed E-state index contributed by atoms with van der Waals surface area (Å²) in [4.78, 5) is 13.9. The van der Waals surface area contributed by atoms with E-state index in [1.807, 2.05) is 0 Å². The number of ether oxygens (including phenoxy) is 1. The van der Waals surface area contributed by atoms with Crippen LogP contribution in [0.2, 0.25) is 0 Å². The third-order valence-electron chi connectivity index (χ3n) is 3.16. The fourth-order valence-electron chi connectivity index (χ4n) is 1.98. The second kappa shape index (κ2) is 5.47. The lowest BCUT2D eigenvalue weighted by atomic mass is 9.94. The number of piperidine rings is 1. The summed E-state index contributed by atoms with van der Waals surface area (Å²) in [6.45, 7) is 6.05. The standard InChI is InChI=1S/C11H22N2O2/c1-8-7-13(3)6-5-10(8)12-11(14)9(2)15-4/h8-10H,5-7H2,1-4H3,(H,12,14). The van der Waals surface area contributed by atoms with Crippen LogP contribution in [0.25, 0.3) is 0 Å². The molecule has 3 unspecified atom stereocenters. The highest BCUT2D eigenvalue weighted by atomic mass is 16.5. The van der Waals surface area contributed by atoms with E-state index in [-0.39, 0.29) is 12.0 Å². The summed E-state index contributed by atoms with van der Waals surface area (Å²) in [5.74, 6) is 0.510. The lowest BCUT2D eigenvalue weighted by Gasteiger charge is -2.35. The van der Waals surface area contributed by atoms with Gasteiger partial charge in [-0.15, -0.1) is 0 Å². The minimum Gasteiger partial charge on any atom is -0.372 e. The molecule has 0 bridgehead atoms. The molecule has 0 radical (unpaired) electrons. The molecule has 1 rings (SSSR count). The molecule has 15 heavy (non-hydrogen) atoms. The molecule has 0 saturated carbocycles. The van der Waals surface area contributed by atoms with Crippen molar-refractivity contribution in [2.45, 2.75) is 32.4 Å². The van der Waals surface area contributed by atoms with Gasteiger partial charge in [-0.3, -0.25) is 4.79 Å². The number of nitrogens with one attached hydrogen (secondary N) is 1. The van der Waals surface area contributed by atoms with Gasteiger partial charge in [0.1, 0.15) is 6.10 Å². The third kappa shape index (κ3) is 3.47. The molecule has 0 aromatic carbocycles. The fraction of sp³-hybridized carbons (Fsp3) is 0.909. The normalized spacial score (nSPS) is 29.9. The molecule has 0 aromatic rings. The Bertz CT molecular complexity index is 221. The Morgan fingerprint density at radius 2 is 2.27 bits per heavy atom. The first-order valence-electron chi connectivity index (χ1n) is 5.56. The van der Waals surface area contributed by atoms with Gasteiger partial charge in [-0.1, -0.05) is 6.92 Å². The van der Waals surface area contributed by atoms with Gasteiger partial charge >= 0.3 is 0 Å². The highest BCUT2D eigenvalue weighted by Crippen LogP contribution is 2.15. The first-order chi connectivity index (χ1) is 7.04. The van der Waals surface area contributed by atoms with Crippen LogP contribution < -0.4 is 5.32 Å². The van der Waals surface area contributed by atoms with E-state index in [1.54, 1.807) is 14.0 Å². The molecule has 88 valence electrons. The Labute approximate surface area is 92.0 Å². The van der Waals surface area contributed by atoms with Crippen molar-refractivity contribution in [3.8, 4) is 0 Å². The van der Waals surface area contributed by atoms with E-state index in [2.05, 4.69) is 24.2 Å². The minimum absolute atomic E-state index is 0.00102. The summed E-state index contributed by atoms with van der Waals surface area (Å²) < 4.78 is 4.99. The molecule has 1 amide bonds. The molecule has 4 nitrogen and oxygen atoms in total. The van der Waals surface area contributed by atoms with Crippen molar-refractivity contribution < 1.29 is 9.53 Å². The average molecular weight is 214 g/mol. The van der Waals surface area contributed by atoms with Gasteiger partial charge in [-0.25, -0.2) is 0 Å². The smallest absolute Gasteiger partial charge is 0.249 e. The van der Waals surface area contributed by atoms with Gasteiger partial charge in [0.05, 0.1) is 0 Å². The molecule has 1 saturated heterocycles. The summed E-state index contributed by atoms with van der Waals surface area (Å²) in [6, 6.07) is 0.297. The van der Waals surface area contributed by atoms with E-state index in [0.717, 1.165) is 19.5 Å². The van der Waals surface area contributed by atoms with Gasteiger partial charge in [0.2, 0.25) is 5.91 Å². The zero-order chi connectivity index (χ0) is 11.4. The first-order valence-corrected chi connectivity index (χ1v) is 5.56. The van der Waals surface area contributed by atoms with Crippen molar-refractivity contribution in [1.29, 1.82) is 0 Å². The SMILES string of the molecule is COC(C)C(=O)NC1CCN(C)CC1C. The molecule has 1 aliphatic heterocycles. The zero-order valence-corrected chi connectivity index (χ0v) is 10.1. The Kier molecular flexibility index (Phi) is 4.54. The van der Waals surface area contributed by atoms with Crippen molar-refractivity contribution in [3.63, 3.8) is 0 Å². The molecular formula is C11H22N2O2. The van der Waals surface area contributed by atoms with Gasteiger partial charge in [0.25, 0.3) is 0 Å². The van der Waals surface area contributed by atoms with Gasteiger partial charge in [0, 0.05) is 19.7 Å². The highest BCUT2D eigenvalue weighted by Gasteiger charge is 2.26. The van der Waals surface area contributed by atoms with E-state index in [0.29, 0.717) is 12.0 Å². The first kappa shape index (κ1) is 12.5. The van der Waals surface area contributed by atoms with Crippen LogP contribution in [0.5, 0.6) is 0 Å². The number of methoxy groups -OCH3 is 1. The van der Waals surface area contributed by atoms with Crippen LogP contribution in [-0.2, 0) is 9.53 Å². The van der Waals surface area contributed by atoms with E-state index in [9.17, 15) is 4.79 Å². The molecule has 1 aliphatic rings. The summed E-state index contributed by atoms with van der Waals surface area (Å²) in [6.07, 6.45) is 0.677. The Balaban J connectivity index is 2.41. The maximum Gasteiger partial charge on any atom is 0.249 e. The van der Waals surface area contributed by atoms with Crippen LogP contribution in [0.1, 0.15) is 20.3 Å². The Morgan fingerprint density at radius 3 is 2.80 bits per heavy atom. The number of nitrogens with zero attached hydrogens (tertiary/aromatic N) is 1. The van der Waals surface area contributed by atoms with Crippen molar-refractivity contribution in [3.05, 3.63) is 0 Å². The number of carbonyl (C=O) groups is 1. The van der Waals surface area contributed by atoms with E-state index in [4.69, 9.17) is 4.74 Å². The van der Waals surface area contributed by atoms with Gasteiger partial charge < -0.3 is 15.0 Å². The topological polar surface area (TPSA) is 41.6 Å². The predicted octanol–water partition coefficient (Wildman–Crippen LogP) is 0.478. The Morgan fingerprint density at radius 1 is 1.60 bits per heavy atom. The van der Waals surface area contributed by atoms with Crippen LogP contribution in [0, 0.1) is 5.92 Å². The molecule has 0 aromatic heterocycles. The molecule has 1 heterocycles. The molecule has 1 fully saturated rings. The zero-order valence-electron chi connectivity index (χ0n) is 10.1. The summed E-state index contributed by atoms with van der Waals surface area (Å²) in [5, 5.41) is 3.05. The predicted molar refractivity (Wildman–Crippen MR) is 59.7 cm³/mol. The van der Waals surface area contributed by atoms with Gasteiger partial charge in [-0.05, 0) is 32.9 Å². The highest BCUT2D eigenvalue weighted by molar-refractivity contribution is 5.80.